The van der Waals surface area contributed by atoms with Gasteiger partial charge in [-0.2, -0.15) is 0 Å². The van der Waals surface area contributed by atoms with E-state index in [9.17, 15) is 9.59 Å². The molecule has 0 aliphatic heterocycles. The molecule has 3 rings (SSSR count). The van der Waals surface area contributed by atoms with E-state index in [4.69, 9.17) is 0 Å². The summed E-state index contributed by atoms with van der Waals surface area (Å²) in [5.41, 5.74) is 1.10. The van der Waals surface area contributed by atoms with Gasteiger partial charge in [0.05, 0.1) is 0 Å². The first-order valence-electron chi connectivity index (χ1n) is 6.64. The molecule has 2 N–H and O–H groups in total. The maximum Gasteiger partial charge on any atom is 0.257 e. The molecule has 21 heavy (non-hydrogen) atoms. The van der Waals surface area contributed by atoms with Crippen molar-refractivity contribution in [1.82, 2.24) is 10.2 Å². The number of carbonyl (C=O) groups is 2. The molecule has 0 saturated heterocycles. The van der Waals surface area contributed by atoms with Crippen LogP contribution in [0.5, 0.6) is 0 Å². The van der Waals surface area contributed by atoms with Crippen LogP contribution in [0.3, 0.4) is 0 Å². The molecule has 0 spiro atoms. The van der Waals surface area contributed by atoms with Gasteiger partial charge in [-0.3, -0.25) is 14.9 Å². The summed E-state index contributed by atoms with van der Waals surface area (Å²) in [6.45, 7) is 1.82. The molecule has 1 fully saturated rings. The molecule has 1 aliphatic rings. The van der Waals surface area contributed by atoms with Crippen LogP contribution in [0, 0.1) is 12.8 Å². The lowest BCUT2D eigenvalue weighted by Gasteiger charge is -2.06. The summed E-state index contributed by atoms with van der Waals surface area (Å²) >= 11 is 1.31. The SMILES string of the molecule is Cc1nnc(NC(=O)c2cccc(NC(=O)C3CC3)c2)s1. The van der Waals surface area contributed by atoms with Gasteiger partial charge in [-0.05, 0) is 38.0 Å². The van der Waals surface area contributed by atoms with E-state index in [1.54, 1.807) is 24.3 Å². The van der Waals surface area contributed by atoms with Crippen LogP contribution in [0.2, 0.25) is 0 Å². The number of nitrogens with one attached hydrogen (secondary N) is 2. The largest absolute Gasteiger partial charge is 0.326 e. The molecule has 1 aromatic heterocycles. The Bertz CT molecular complexity index is 694. The topological polar surface area (TPSA) is 84.0 Å². The molecule has 6 nitrogen and oxygen atoms in total. The van der Waals surface area contributed by atoms with Crippen molar-refractivity contribution >= 4 is 34.0 Å². The van der Waals surface area contributed by atoms with Gasteiger partial charge < -0.3 is 5.32 Å². The Kier molecular flexibility index (Phi) is 3.66. The Hall–Kier alpha value is -2.28. The third-order valence-electron chi connectivity index (χ3n) is 3.09. The Morgan fingerprint density at radius 1 is 1.24 bits per heavy atom. The van der Waals surface area contributed by atoms with E-state index in [1.165, 1.54) is 11.3 Å². The highest BCUT2D eigenvalue weighted by atomic mass is 32.1. The molecular weight excluding hydrogens is 288 g/mol. The van der Waals surface area contributed by atoms with Crippen LogP contribution in [0.15, 0.2) is 24.3 Å². The predicted octanol–water partition coefficient (Wildman–Crippen LogP) is 2.45. The second kappa shape index (κ2) is 5.61. The molecule has 7 heteroatoms. The minimum atomic E-state index is -0.270. The molecule has 1 aliphatic carbocycles. The molecule has 0 radical (unpaired) electrons. The first-order chi connectivity index (χ1) is 10.1. The molecule has 0 atom stereocenters. The van der Waals surface area contributed by atoms with E-state index < -0.39 is 0 Å². The first-order valence-corrected chi connectivity index (χ1v) is 7.46. The molecule has 2 aromatic rings. The van der Waals surface area contributed by atoms with E-state index in [0.29, 0.717) is 16.4 Å². The standard InChI is InChI=1S/C14H14N4O2S/c1-8-17-18-14(21-8)16-13(20)10-3-2-4-11(7-10)15-12(19)9-5-6-9/h2-4,7,9H,5-6H2,1H3,(H,15,19)(H,16,18,20). The zero-order chi connectivity index (χ0) is 14.8. The van der Waals surface area contributed by atoms with Crippen molar-refractivity contribution in [2.75, 3.05) is 10.6 Å². The van der Waals surface area contributed by atoms with E-state index in [2.05, 4.69) is 20.8 Å². The van der Waals surface area contributed by atoms with Gasteiger partial charge in [-0.25, -0.2) is 0 Å². The van der Waals surface area contributed by atoms with E-state index in [1.807, 2.05) is 6.92 Å². The number of anilines is 2. The van der Waals surface area contributed by atoms with Crippen LogP contribution in [0.1, 0.15) is 28.2 Å². The average Bonchev–Trinajstić information content (AvgIpc) is 3.23. The summed E-state index contributed by atoms with van der Waals surface area (Å²) in [6, 6.07) is 6.86. The van der Waals surface area contributed by atoms with E-state index in [0.717, 1.165) is 17.8 Å². The highest BCUT2D eigenvalue weighted by Crippen LogP contribution is 2.30. The van der Waals surface area contributed by atoms with Gasteiger partial charge in [0.25, 0.3) is 5.91 Å². The van der Waals surface area contributed by atoms with Gasteiger partial charge in [-0.1, -0.05) is 17.4 Å². The Morgan fingerprint density at radius 2 is 2.05 bits per heavy atom. The molecule has 1 saturated carbocycles. The Morgan fingerprint density at radius 3 is 2.71 bits per heavy atom. The Balaban J connectivity index is 1.69. The number of aryl methyl sites for hydroxylation is 1. The van der Waals surface area contributed by atoms with Gasteiger partial charge in [0, 0.05) is 17.2 Å². The average molecular weight is 302 g/mol. The van der Waals surface area contributed by atoms with Crippen LogP contribution in [-0.4, -0.2) is 22.0 Å². The van der Waals surface area contributed by atoms with Crippen LogP contribution in [-0.2, 0) is 4.79 Å². The number of amides is 2. The summed E-state index contributed by atoms with van der Waals surface area (Å²) in [7, 11) is 0. The lowest BCUT2D eigenvalue weighted by molar-refractivity contribution is -0.117. The number of aromatic nitrogens is 2. The lowest BCUT2D eigenvalue weighted by Crippen LogP contribution is -2.15. The summed E-state index contributed by atoms with van der Waals surface area (Å²) in [4.78, 5) is 23.8. The highest BCUT2D eigenvalue weighted by Gasteiger charge is 2.29. The number of hydrogen-bond donors (Lipinski definition) is 2. The van der Waals surface area contributed by atoms with Crippen molar-refractivity contribution in [1.29, 1.82) is 0 Å². The van der Waals surface area contributed by atoms with Crippen molar-refractivity contribution in [3.63, 3.8) is 0 Å². The van der Waals surface area contributed by atoms with Gasteiger partial charge >= 0.3 is 0 Å². The smallest absolute Gasteiger partial charge is 0.257 e. The molecule has 1 heterocycles. The van der Waals surface area contributed by atoms with Crippen molar-refractivity contribution in [2.24, 2.45) is 5.92 Å². The molecular formula is C14H14N4O2S. The zero-order valence-corrected chi connectivity index (χ0v) is 12.2. The fourth-order valence-electron chi connectivity index (χ4n) is 1.84. The molecule has 0 unspecified atom stereocenters. The third-order valence-corrected chi connectivity index (χ3v) is 3.84. The maximum absolute atomic E-state index is 12.1. The number of hydrogen-bond acceptors (Lipinski definition) is 5. The number of carbonyl (C=O) groups excluding carboxylic acids is 2. The Labute approximate surface area is 125 Å². The summed E-state index contributed by atoms with van der Waals surface area (Å²) in [5, 5.41) is 14.5. The van der Waals surface area contributed by atoms with Crippen LogP contribution in [0.4, 0.5) is 10.8 Å². The van der Waals surface area contributed by atoms with Crippen molar-refractivity contribution in [3.05, 3.63) is 34.8 Å². The van der Waals surface area contributed by atoms with Crippen LogP contribution >= 0.6 is 11.3 Å². The summed E-state index contributed by atoms with van der Waals surface area (Å²) in [5.74, 6) is -0.118. The second-order valence-corrected chi connectivity index (χ2v) is 6.11. The first kappa shape index (κ1) is 13.7. The van der Waals surface area contributed by atoms with E-state index in [-0.39, 0.29) is 17.7 Å². The van der Waals surface area contributed by atoms with Crippen LogP contribution in [0.25, 0.3) is 0 Å². The number of rotatable bonds is 4. The van der Waals surface area contributed by atoms with E-state index >= 15 is 0 Å². The maximum atomic E-state index is 12.1. The summed E-state index contributed by atoms with van der Waals surface area (Å²) < 4.78 is 0. The normalized spacial score (nSPS) is 13.8. The highest BCUT2D eigenvalue weighted by molar-refractivity contribution is 7.15. The lowest BCUT2D eigenvalue weighted by atomic mass is 10.2. The predicted molar refractivity (Wildman–Crippen MR) is 80.4 cm³/mol. The number of benzene rings is 1. The summed E-state index contributed by atoms with van der Waals surface area (Å²) in [6.07, 6.45) is 1.89. The van der Waals surface area contributed by atoms with Crippen molar-refractivity contribution in [3.8, 4) is 0 Å². The molecule has 2 amide bonds. The van der Waals surface area contributed by atoms with Crippen molar-refractivity contribution < 1.29 is 9.59 Å². The quantitative estimate of drug-likeness (QED) is 0.908. The second-order valence-electron chi connectivity index (χ2n) is 4.92. The third kappa shape index (κ3) is 3.43. The fraction of sp³-hybridized carbons (Fsp3) is 0.286. The zero-order valence-electron chi connectivity index (χ0n) is 11.4. The van der Waals surface area contributed by atoms with Gasteiger partial charge in [0.1, 0.15) is 5.01 Å². The van der Waals surface area contributed by atoms with Gasteiger partial charge in [0.15, 0.2) is 0 Å². The number of nitrogens with zero attached hydrogens (tertiary/aromatic N) is 2. The van der Waals surface area contributed by atoms with Gasteiger partial charge in [0.2, 0.25) is 11.0 Å². The minimum absolute atomic E-state index is 0.0207. The van der Waals surface area contributed by atoms with Gasteiger partial charge in [-0.15, -0.1) is 10.2 Å². The molecule has 108 valence electrons. The van der Waals surface area contributed by atoms with Crippen LogP contribution < -0.4 is 10.6 Å². The fourth-order valence-corrected chi connectivity index (χ4v) is 2.43. The molecule has 1 aromatic carbocycles. The van der Waals surface area contributed by atoms with Crippen molar-refractivity contribution in [2.45, 2.75) is 19.8 Å². The minimum Gasteiger partial charge on any atom is -0.326 e. The monoisotopic (exact) mass is 302 g/mol. The molecule has 0 bridgehead atoms.